The van der Waals surface area contributed by atoms with E-state index in [0.717, 1.165) is 202 Å². The maximum absolute atomic E-state index is 13.4. The highest BCUT2D eigenvalue weighted by molar-refractivity contribution is 8.20. The summed E-state index contributed by atoms with van der Waals surface area (Å²) in [5.74, 6) is 3.79. The van der Waals surface area contributed by atoms with Gasteiger partial charge in [0.25, 0.3) is 23.6 Å². The van der Waals surface area contributed by atoms with Crippen LogP contribution in [0, 0.1) is 41.5 Å². The van der Waals surface area contributed by atoms with E-state index in [-0.39, 0.29) is 23.6 Å². The Morgan fingerprint density at radius 3 is 0.893 bits per heavy atom. The number of anilines is 4. The number of rotatable bonds is 16. The number of hydrogen-bond acceptors (Lipinski definition) is 16. The van der Waals surface area contributed by atoms with Gasteiger partial charge in [-0.05, 0) is 315 Å². The maximum Gasteiger partial charge on any atom is 0.271 e. The second-order valence-electron chi connectivity index (χ2n) is 28.2. The van der Waals surface area contributed by atoms with E-state index in [2.05, 4.69) is 102 Å². The van der Waals surface area contributed by atoms with E-state index in [4.69, 9.17) is 28.9 Å². The summed E-state index contributed by atoms with van der Waals surface area (Å²) in [6.07, 6.45) is 17.6. The lowest BCUT2D eigenvalue weighted by Gasteiger charge is -2.19. The third kappa shape index (κ3) is 18.5. The molecule has 0 aromatic heterocycles. The monoisotopic (exact) mass is 1570 g/mol. The molecule has 8 aliphatic rings. The second kappa shape index (κ2) is 37.5. The van der Waals surface area contributed by atoms with Gasteiger partial charge < -0.3 is 18.9 Å². The average molecular weight is 1570 g/mol. The maximum atomic E-state index is 13.4. The molecule has 0 aliphatic carbocycles. The van der Waals surface area contributed by atoms with Crippen LogP contribution in [0.5, 0.6) is 23.0 Å². The molecule has 0 unspecified atom stereocenters. The Morgan fingerprint density at radius 1 is 0.321 bits per heavy atom. The molecule has 8 heterocycles. The molecule has 4 fully saturated rings. The van der Waals surface area contributed by atoms with Gasteiger partial charge in [-0.25, -0.2) is 0 Å². The van der Waals surface area contributed by atoms with Crippen LogP contribution in [0.4, 0.5) is 22.7 Å². The van der Waals surface area contributed by atoms with Gasteiger partial charge in [0.05, 0.1) is 68.8 Å². The van der Waals surface area contributed by atoms with Crippen LogP contribution in [0.25, 0.3) is 24.3 Å². The molecule has 0 saturated carbocycles. The fraction of sp³-hybridized carbons (Fsp3) is 0.304. The number of hydrogen-bond donors (Lipinski definition) is 0. The Morgan fingerprint density at radius 2 is 0.589 bits per heavy atom. The van der Waals surface area contributed by atoms with Crippen molar-refractivity contribution in [3.05, 3.63) is 255 Å². The summed E-state index contributed by atoms with van der Waals surface area (Å²) in [6.45, 7) is 26.5. The molecule has 576 valence electrons. The third-order valence-corrected chi connectivity index (χ3v) is 24.0. The van der Waals surface area contributed by atoms with Crippen molar-refractivity contribution in [2.24, 2.45) is 20.0 Å². The number of para-hydroxylation sites is 2. The Balaban J connectivity index is 0.000000131. The topological polar surface area (TPSA) is 168 Å². The van der Waals surface area contributed by atoms with E-state index in [1.165, 1.54) is 80.4 Å². The minimum Gasteiger partial charge on any atom is -0.493 e. The molecule has 112 heavy (non-hydrogen) atoms. The fourth-order valence-corrected chi connectivity index (χ4v) is 17.7. The number of nitrogens with zero attached hydrogens (tertiary/aromatic N) is 8. The van der Waals surface area contributed by atoms with Gasteiger partial charge in [0.2, 0.25) is 0 Å². The smallest absolute Gasteiger partial charge is 0.271 e. The van der Waals surface area contributed by atoms with Crippen molar-refractivity contribution in [3.8, 4) is 23.0 Å². The Hall–Kier alpha value is -10.1. The minimum absolute atomic E-state index is 0.00692. The molecule has 0 bridgehead atoms. The highest BCUT2D eigenvalue weighted by Crippen LogP contribution is 2.44. The number of carbonyl (C=O) groups excluding carboxylic acids is 4. The van der Waals surface area contributed by atoms with Gasteiger partial charge >= 0.3 is 0 Å². The van der Waals surface area contributed by atoms with Gasteiger partial charge in [-0.15, -0.1) is 0 Å². The molecule has 0 atom stereocenters. The van der Waals surface area contributed by atoms with Crippen molar-refractivity contribution >= 4 is 138 Å². The largest absolute Gasteiger partial charge is 0.493 e. The van der Waals surface area contributed by atoms with Crippen molar-refractivity contribution in [2.75, 3.05) is 72.2 Å². The first-order valence-electron chi connectivity index (χ1n) is 38.9. The Kier molecular flexibility index (Phi) is 26.7. The van der Waals surface area contributed by atoms with Crippen molar-refractivity contribution in [2.45, 2.75) is 133 Å². The molecular formula is C92H96N8O8S4. The van der Waals surface area contributed by atoms with Gasteiger partial charge in [0, 0.05) is 39.0 Å². The van der Waals surface area contributed by atoms with Gasteiger partial charge in [0.15, 0.2) is 20.7 Å². The zero-order chi connectivity index (χ0) is 78.4. The van der Waals surface area contributed by atoms with Gasteiger partial charge in [-0.2, -0.15) is 0 Å². The van der Waals surface area contributed by atoms with Crippen LogP contribution in [-0.2, 0) is 44.9 Å². The van der Waals surface area contributed by atoms with Gasteiger partial charge in [-0.3, -0.25) is 58.7 Å². The summed E-state index contributed by atoms with van der Waals surface area (Å²) in [5.41, 5.74) is 19.3. The summed E-state index contributed by atoms with van der Waals surface area (Å²) in [6, 6.07) is 52.6. The standard InChI is InChI=1S/C24H26N2O2S.2C23H24N2O2S.C22H22N2O2S/c1-4-12-25-24-26(20-9-5-7-16(2)17(20)3)23(27)22(29-24)15-18-10-11-21-19(14-18)8-6-13-28-21;1-4-11-24-23-25(19-7-5-6-15(2)16(19)3)22(26)21(28-23)14-17-8-9-20-18(13-17)10-12-27-20;1-3-12-24-23-25(19-9-5-4-7-16(19)2)22(26)21(28-23)15-17-10-11-20-18(14-17)8-6-13-27-20;1-3-11-23-22-24(18-7-5-4-6-15(18)2)21(25)20(27-22)14-16-8-9-19-17(13-16)10-12-26-19/h5,7,9-11,14-15H,4,6,8,12-13H2,1-3H3;5-9,13-14H,4,10-12H2,1-3H3;4-5,7,9-11,14-15H,3,6,8,12-13H2,1-2H3;4-9,13-14H,3,10-12H2,1-2H3/b22-15-,25-24?;21-14-,24-23?;21-15-,24-23?;20-14-,23-22?. The lowest BCUT2D eigenvalue weighted by molar-refractivity contribution is -0.114. The predicted octanol–water partition coefficient (Wildman–Crippen LogP) is 20.7. The molecule has 4 amide bonds. The Bertz CT molecular complexity index is 5190. The van der Waals surface area contributed by atoms with Crippen LogP contribution in [0.1, 0.15) is 144 Å². The molecule has 8 aromatic carbocycles. The van der Waals surface area contributed by atoms with Crippen LogP contribution in [0.2, 0.25) is 0 Å². The lowest BCUT2D eigenvalue weighted by Crippen LogP contribution is -2.29. The summed E-state index contributed by atoms with van der Waals surface area (Å²) in [7, 11) is 0. The van der Waals surface area contributed by atoms with E-state index in [0.29, 0.717) is 45.8 Å². The highest BCUT2D eigenvalue weighted by Gasteiger charge is 2.40. The van der Waals surface area contributed by atoms with E-state index >= 15 is 0 Å². The van der Waals surface area contributed by atoms with Crippen molar-refractivity contribution in [1.82, 2.24) is 0 Å². The molecular weight excluding hydrogens is 1470 g/mol. The number of fused-ring (bicyclic) bond motifs is 4. The molecule has 4 saturated heterocycles. The number of aryl methyl sites for hydroxylation is 6. The van der Waals surface area contributed by atoms with Crippen LogP contribution < -0.4 is 38.5 Å². The van der Waals surface area contributed by atoms with Crippen LogP contribution in [-0.4, -0.2) is 96.9 Å². The van der Waals surface area contributed by atoms with Crippen LogP contribution >= 0.6 is 47.0 Å². The first kappa shape index (κ1) is 79.9. The summed E-state index contributed by atoms with van der Waals surface area (Å²) >= 11 is 5.84. The average Bonchev–Trinajstić information content (AvgIpc) is 1.61. The van der Waals surface area contributed by atoms with Gasteiger partial charge in [-0.1, -0.05) is 113 Å². The molecule has 8 aliphatic heterocycles. The molecule has 0 spiro atoms. The van der Waals surface area contributed by atoms with E-state index in [9.17, 15) is 19.2 Å². The first-order chi connectivity index (χ1) is 54.5. The number of benzene rings is 8. The third-order valence-electron chi connectivity index (χ3n) is 19.9. The van der Waals surface area contributed by atoms with E-state index in [1.54, 1.807) is 19.6 Å². The van der Waals surface area contributed by atoms with E-state index in [1.807, 2.05) is 159 Å². The predicted molar refractivity (Wildman–Crippen MR) is 469 cm³/mol. The van der Waals surface area contributed by atoms with Crippen LogP contribution in [0.15, 0.2) is 197 Å². The molecule has 16 rings (SSSR count). The number of thioether (sulfide) groups is 4. The number of amidine groups is 4. The minimum atomic E-state index is -0.0131. The highest BCUT2D eigenvalue weighted by atomic mass is 32.2. The summed E-state index contributed by atoms with van der Waals surface area (Å²) in [4.78, 5) is 81.7. The Labute approximate surface area is 675 Å². The summed E-state index contributed by atoms with van der Waals surface area (Å²) in [5, 5.41) is 3.04. The normalized spacial score (nSPS) is 19.0. The van der Waals surface area contributed by atoms with Crippen LogP contribution in [0.3, 0.4) is 0 Å². The number of aliphatic imine (C=N–C) groups is 4. The zero-order valence-electron chi connectivity index (χ0n) is 65.5. The number of amides is 4. The van der Waals surface area contributed by atoms with Crippen molar-refractivity contribution in [1.29, 1.82) is 0 Å². The van der Waals surface area contributed by atoms with Gasteiger partial charge in [0.1, 0.15) is 23.0 Å². The first-order valence-corrected chi connectivity index (χ1v) is 42.2. The van der Waals surface area contributed by atoms with E-state index < -0.39 is 0 Å². The zero-order valence-corrected chi connectivity index (χ0v) is 68.8. The van der Waals surface area contributed by atoms with Crippen molar-refractivity contribution < 1.29 is 38.1 Å². The number of ether oxygens (including phenoxy) is 4. The fourth-order valence-electron chi connectivity index (χ4n) is 13.7. The van der Waals surface area contributed by atoms with Crippen molar-refractivity contribution in [3.63, 3.8) is 0 Å². The number of carbonyl (C=O) groups is 4. The quantitative estimate of drug-likeness (QED) is 0.0841. The molecule has 16 nitrogen and oxygen atoms in total. The molecule has 0 N–H and O–H groups in total. The second-order valence-corrected chi connectivity index (χ2v) is 32.3. The molecule has 20 heteroatoms. The summed E-state index contributed by atoms with van der Waals surface area (Å²) < 4.78 is 22.6. The SMILES string of the molecule is CCCN=C1S/C(=C\c2ccc3c(c2)CCCO3)C(=O)N1c1cccc(C)c1C.CCCN=C1S/C(=C\c2ccc3c(c2)CCCO3)C(=O)N1c1ccccc1C.CCCN=C1S/C(=C\c2ccc3c(c2)CCO3)C(=O)N1c1cccc(C)c1C.CCCN=C1S/C(=C\c2ccc3c(c2)CCO3)C(=O)N1c1ccccc1C. The molecule has 8 aromatic rings. The lowest BCUT2D eigenvalue weighted by atomic mass is 10.0. The molecule has 0 radical (unpaired) electrons.